The summed E-state index contributed by atoms with van der Waals surface area (Å²) >= 11 is 0. The Bertz CT molecular complexity index is 1270. The van der Waals surface area contributed by atoms with Gasteiger partial charge in [-0.05, 0) is 42.2 Å². The fourth-order valence-corrected chi connectivity index (χ4v) is 4.64. The van der Waals surface area contributed by atoms with Gasteiger partial charge in [-0.2, -0.15) is 0 Å². The number of aryl methyl sites for hydroxylation is 1. The van der Waals surface area contributed by atoms with Crippen LogP contribution in [-0.4, -0.2) is 33.2 Å². The second-order valence-corrected chi connectivity index (χ2v) is 8.13. The topological polar surface area (TPSA) is 69.1 Å². The largest absolute Gasteiger partial charge is 0.341 e. The van der Waals surface area contributed by atoms with Crippen LogP contribution in [0.15, 0.2) is 59.5 Å². The van der Waals surface area contributed by atoms with Crippen LogP contribution in [0.3, 0.4) is 0 Å². The number of piperidine rings is 1. The number of nitrogens with two attached hydrogens (primary N) is 1. The van der Waals surface area contributed by atoms with Crippen molar-refractivity contribution in [1.82, 2.24) is 14.1 Å². The van der Waals surface area contributed by atoms with Gasteiger partial charge < -0.3 is 19.8 Å². The van der Waals surface area contributed by atoms with Crippen molar-refractivity contribution in [3.8, 4) is 0 Å². The third-order valence-electron chi connectivity index (χ3n) is 6.13. The van der Waals surface area contributed by atoms with Gasteiger partial charge in [0.25, 0.3) is 5.56 Å². The smallest absolute Gasteiger partial charge is 0.277 e. The lowest BCUT2D eigenvalue weighted by molar-refractivity contribution is 0.494. The minimum Gasteiger partial charge on any atom is -0.341 e. The Morgan fingerprint density at radius 3 is 2.80 bits per heavy atom. The molecule has 1 aliphatic heterocycles. The molecule has 0 saturated carbocycles. The fraction of sp³-hybridized carbons (Fsp3) is 0.333. The molecule has 1 saturated heterocycles. The summed E-state index contributed by atoms with van der Waals surface area (Å²) in [5.41, 5.74) is 8.76. The van der Waals surface area contributed by atoms with Crippen LogP contribution >= 0.6 is 0 Å². The van der Waals surface area contributed by atoms with Gasteiger partial charge >= 0.3 is 0 Å². The first-order valence-corrected chi connectivity index (χ1v) is 10.7. The molecule has 30 heavy (non-hydrogen) atoms. The summed E-state index contributed by atoms with van der Waals surface area (Å²) in [6.07, 6.45) is 3.96. The van der Waals surface area contributed by atoms with Gasteiger partial charge in [0.05, 0.1) is 12.1 Å². The molecule has 1 unspecified atom stereocenters. The Morgan fingerprint density at radius 2 is 1.97 bits per heavy atom. The Morgan fingerprint density at radius 1 is 1.13 bits per heavy atom. The Hall–Kier alpha value is -3.12. The normalized spacial score (nSPS) is 17.1. The van der Waals surface area contributed by atoms with Crippen LogP contribution in [0.2, 0.25) is 0 Å². The van der Waals surface area contributed by atoms with Crippen LogP contribution in [0, 0.1) is 0 Å². The summed E-state index contributed by atoms with van der Waals surface area (Å²) in [4.78, 5) is 20.5. The Kier molecular flexibility index (Phi) is 4.79. The van der Waals surface area contributed by atoms with Crippen molar-refractivity contribution in [2.75, 3.05) is 18.0 Å². The van der Waals surface area contributed by atoms with Crippen molar-refractivity contribution in [3.63, 3.8) is 0 Å². The van der Waals surface area contributed by atoms with Crippen molar-refractivity contribution < 1.29 is 0 Å². The Balaban J connectivity index is 1.59. The van der Waals surface area contributed by atoms with Gasteiger partial charge in [-0.3, -0.25) is 4.79 Å². The van der Waals surface area contributed by atoms with Gasteiger partial charge in [0.2, 0.25) is 5.95 Å². The highest BCUT2D eigenvalue weighted by Crippen LogP contribution is 2.24. The van der Waals surface area contributed by atoms with Crippen LogP contribution in [0.5, 0.6) is 0 Å². The van der Waals surface area contributed by atoms with Gasteiger partial charge in [-0.1, -0.05) is 42.5 Å². The second-order valence-electron chi connectivity index (χ2n) is 8.13. The van der Waals surface area contributed by atoms with Crippen LogP contribution in [-0.2, 0) is 13.1 Å². The van der Waals surface area contributed by atoms with Crippen molar-refractivity contribution >= 4 is 27.8 Å². The monoisotopic (exact) mass is 401 g/mol. The number of hydrogen-bond donors (Lipinski definition) is 1. The average molecular weight is 402 g/mol. The number of benzene rings is 2. The molecule has 0 spiro atoms. The van der Waals surface area contributed by atoms with Gasteiger partial charge in [0, 0.05) is 31.9 Å². The molecule has 0 amide bonds. The number of nitrogens with zero attached hydrogens (tertiary/aromatic N) is 4. The third-order valence-corrected chi connectivity index (χ3v) is 6.13. The molecule has 1 atom stereocenters. The van der Waals surface area contributed by atoms with E-state index in [0.29, 0.717) is 18.6 Å². The highest BCUT2D eigenvalue weighted by molar-refractivity contribution is 5.85. The second kappa shape index (κ2) is 7.61. The zero-order chi connectivity index (χ0) is 20.7. The van der Waals surface area contributed by atoms with Crippen molar-refractivity contribution in [2.45, 2.75) is 38.9 Å². The van der Waals surface area contributed by atoms with Gasteiger partial charge in [0.15, 0.2) is 0 Å². The van der Waals surface area contributed by atoms with E-state index in [2.05, 4.69) is 46.7 Å². The minimum atomic E-state index is 0.00217. The standard InChI is InChI=1S/C24H27N5O/c1-2-29-22-21(26-24(29)28-13-6-10-19(25)16-28)12-14-27(23(22)30)15-18-9-5-8-17-7-3-4-11-20(17)18/h3-5,7-9,11-12,14,19H,2,6,10,13,15-16,25H2,1H3. The summed E-state index contributed by atoms with van der Waals surface area (Å²) in [6, 6.07) is 16.7. The van der Waals surface area contributed by atoms with Gasteiger partial charge in [0.1, 0.15) is 5.52 Å². The van der Waals surface area contributed by atoms with E-state index in [1.165, 1.54) is 10.8 Å². The lowest BCUT2D eigenvalue weighted by Gasteiger charge is -2.31. The predicted octanol–water partition coefficient (Wildman–Crippen LogP) is 3.35. The molecular formula is C24H27N5O. The molecule has 0 radical (unpaired) electrons. The van der Waals surface area contributed by atoms with E-state index in [4.69, 9.17) is 10.7 Å². The first-order valence-electron chi connectivity index (χ1n) is 10.7. The molecular weight excluding hydrogens is 374 g/mol. The molecule has 0 bridgehead atoms. The summed E-state index contributed by atoms with van der Waals surface area (Å²) in [5, 5.41) is 2.37. The molecule has 3 heterocycles. The number of imidazole rings is 1. The SMILES string of the molecule is CCn1c(N2CCCC(N)C2)nc2ccn(Cc3cccc4ccccc34)c(=O)c21. The third kappa shape index (κ3) is 3.17. The molecule has 4 aromatic rings. The maximum atomic E-state index is 13.5. The maximum Gasteiger partial charge on any atom is 0.277 e. The van der Waals surface area contributed by atoms with E-state index in [1.807, 2.05) is 24.4 Å². The Labute approximate surface area is 175 Å². The lowest BCUT2D eigenvalue weighted by atomic mass is 10.0. The molecule has 154 valence electrons. The molecule has 5 rings (SSSR count). The highest BCUT2D eigenvalue weighted by Gasteiger charge is 2.23. The quantitative estimate of drug-likeness (QED) is 0.569. The molecule has 6 heteroatoms. The molecule has 2 N–H and O–H groups in total. The molecule has 2 aromatic heterocycles. The van der Waals surface area contributed by atoms with Crippen LogP contribution in [0.25, 0.3) is 21.8 Å². The van der Waals surface area contributed by atoms with Crippen LogP contribution in [0.1, 0.15) is 25.3 Å². The fourth-order valence-electron chi connectivity index (χ4n) is 4.64. The maximum absolute atomic E-state index is 13.5. The van der Waals surface area contributed by atoms with E-state index < -0.39 is 0 Å². The molecule has 6 nitrogen and oxygen atoms in total. The van der Waals surface area contributed by atoms with Gasteiger partial charge in [-0.15, -0.1) is 0 Å². The summed E-state index contributed by atoms with van der Waals surface area (Å²) < 4.78 is 3.85. The first-order chi connectivity index (χ1) is 14.7. The number of anilines is 1. The van der Waals surface area contributed by atoms with Crippen molar-refractivity contribution in [3.05, 3.63) is 70.6 Å². The zero-order valence-electron chi connectivity index (χ0n) is 17.3. The molecule has 1 aliphatic rings. The molecule has 2 aromatic carbocycles. The number of fused-ring (bicyclic) bond motifs is 2. The summed E-state index contributed by atoms with van der Waals surface area (Å²) in [5.74, 6) is 0.864. The average Bonchev–Trinajstić information content (AvgIpc) is 3.15. The predicted molar refractivity (Wildman–Crippen MR) is 122 cm³/mol. The van der Waals surface area contributed by atoms with E-state index >= 15 is 0 Å². The number of hydrogen-bond acceptors (Lipinski definition) is 4. The van der Waals surface area contributed by atoms with E-state index in [-0.39, 0.29) is 11.6 Å². The van der Waals surface area contributed by atoms with E-state index in [0.717, 1.165) is 43.0 Å². The van der Waals surface area contributed by atoms with Crippen molar-refractivity contribution in [2.24, 2.45) is 5.73 Å². The summed E-state index contributed by atoms with van der Waals surface area (Å²) in [7, 11) is 0. The number of rotatable bonds is 4. The number of aromatic nitrogens is 3. The number of pyridine rings is 1. The van der Waals surface area contributed by atoms with E-state index in [1.54, 1.807) is 4.57 Å². The highest BCUT2D eigenvalue weighted by atomic mass is 16.1. The van der Waals surface area contributed by atoms with Crippen LogP contribution in [0.4, 0.5) is 5.95 Å². The zero-order valence-corrected chi connectivity index (χ0v) is 17.3. The van der Waals surface area contributed by atoms with Gasteiger partial charge in [-0.25, -0.2) is 4.98 Å². The summed E-state index contributed by atoms with van der Waals surface area (Å²) in [6.45, 7) is 5.02. The lowest BCUT2D eigenvalue weighted by Crippen LogP contribution is -2.44. The van der Waals surface area contributed by atoms with Crippen molar-refractivity contribution in [1.29, 1.82) is 0 Å². The van der Waals surface area contributed by atoms with Crippen LogP contribution < -0.4 is 16.2 Å². The minimum absolute atomic E-state index is 0.00217. The molecule has 1 fully saturated rings. The first kappa shape index (κ1) is 18.9. The molecule has 0 aliphatic carbocycles. The van der Waals surface area contributed by atoms with E-state index in [9.17, 15) is 4.79 Å².